The molecule has 3 heteroatoms. The minimum absolute atomic E-state index is 0.701. The molecular weight excluding hydrogens is 276 g/mol. The summed E-state index contributed by atoms with van der Waals surface area (Å²) in [6.07, 6.45) is 0.878. The zero-order valence-electron chi connectivity index (χ0n) is 10.3. The molecule has 2 aromatic carbocycles. The zero-order valence-corrected chi connectivity index (χ0v) is 11.9. The van der Waals surface area contributed by atoms with Gasteiger partial charge < -0.3 is 0 Å². The molecule has 0 amide bonds. The summed E-state index contributed by atoms with van der Waals surface area (Å²) >= 11 is 7.78. The van der Waals surface area contributed by atoms with Gasteiger partial charge in [-0.25, -0.2) is 0 Å². The van der Waals surface area contributed by atoms with E-state index in [0.29, 0.717) is 5.56 Å². The Kier molecular flexibility index (Phi) is 3.13. The number of hydrogen-bond acceptors (Lipinski definition) is 2. The van der Waals surface area contributed by atoms with Crippen molar-refractivity contribution in [2.45, 2.75) is 6.92 Å². The van der Waals surface area contributed by atoms with Crippen LogP contribution in [0.4, 0.5) is 0 Å². The molecule has 0 N–H and O–H groups in total. The molecule has 0 saturated carbocycles. The first kappa shape index (κ1) is 12.4. The smallest absolute Gasteiger partial charge is 0.150 e. The van der Waals surface area contributed by atoms with E-state index >= 15 is 0 Å². The molecule has 0 spiro atoms. The van der Waals surface area contributed by atoms with E-state index in [4.69, 9.17) is 11.6 Å². The van der Waals surface area contributed by atoms with E-state index in [1.807, 2.05) is 42.5 Å². The van der Waals surface area contributed by atoms with Gasteiger partial charge in [0.2, 0.25) is 0 Å². The number of carbonyl (C=O) groups is 1. The van der Waals surface area contributed by atoms with Gasteiger partial charge in [0.1, 0.15) is 6.29 Å². The Morgan fingerprint density at radius 2 is 2.00 bits per heavy atom. The molecule has 0 fully saturated rings. The van der Waals surface area contributed by atoms with Crippen LogP contribution in [0.2, 0.25) is 5.02 Å². The van der Waals surface area contributed by atoms with Gasteiger partial charge in [-0.1, -0.05) is 29.8 Å². The summed E-state index contributed by atoms with van der Waals surface area (Å²) in [6, 6.07) is 13.6. The van der Waals surface area contributed by atoms with Crippen LogP contribution >= 0.6 is 22.9 Å². The number of hydrogen-bond donors (Lipinski definition) is 0. The van der Waals surface area contributed by atoms with Crippen molar-refractivity contribution in [3.63, 3.8) is 0 Å². The van der Waals surface area contributed by atoms with Crippen molar-refractivity contribution < 1.29 is 4.79 Å². The van der Waals surface area contributed by atoms with Gasteiger partial charge in [0.15, 0.2) is 0 Å². The van der Waals surface area contributed by atoms with Crippen molar-refractivity contribution in [3.8, 4) is 10.4 Å². The Labute approximate surface area is 120 Å². The van der Waals surface area contributed by atoms with Gasteiger partial charge in [-0.05, 0) is 47.7 Å². The molecule has 0 atom stereocenters. The topological polar surface area (TPSA) is 17.1 Å². The molecule has 0 aliphatic rings. The molecule has 0 aliphatic heterocycles. The van der Waals surface area contributed by atoms with Crippen molar-refractivity contribution >= 4 is 39.3 Å². The predicted molar refractivity (Wildman–Crippen MR) is 82.4 cm³/mol. The second-order valence-electron chi connectivity index (χ2n) is 4.44. The Bertz CT molecular complexity index is 774. The van der Waals surface area contributed by atoms with E-state index in [1.54, 1.807) is 11.3 Å². The molecule has 19 heavy (non-hydrogen) atoms. The van der Waals surface area contributed by atoms with Crippen LogP contribution in [0.1, 0.15) is 15.9 Å². The highest BCUT2D eigenvalue weighted by Crippen LogP contribution is 2.39. The summed E-state index contributed by atoms with van der Waals surface area (Å²) < 4.78 is 1.22. The highest BCUT2D eigenvalue weighted by atomic mass is 35.5. The average Bonchev–Trinajstić information content (AvgIpc) is 2.76. The Balaban J connectivity index is 2.24. The second kappa shape index (κ2) is 4.80. The Hall–Kier alpha value is -1.64. The summed E-state index contributed by atoms with van der Waals surface area (Å²) in [7, 11) is 0. The standard InChI is InChI=1S/C16H11ClOS/c1-10-14-8-13(17)5-6-15(14)19-16(10)12-4-2-3-11(7-12)9-18/h2-9H,1H3. The normalized spacial score (nSPS) is 10.8. The summed E-state index contributed by atoms with van der Waals surface area (Å²) in [6.45, 7) is 2.10. The lowest BCUT2D eigenvalue weighted by molar-refractivity contribution is 0.112. The van der Waals surface area contributed by atoms with Crippen LogP contribution in [-0.2, 0) is 0 Å². The highest BCUT2D eigenvalue weighted by molar-refractivity contribution is 7.22. The third kappa shape index (κ3) is 2.18. The van der Waals surface area contributed by atoms with E-state index < -0.39 is 0 Å². The van der Waals surface area contributed by atoms with Gasteiger partial charge in [-0.2, -0.15) is 0 Å². The van der Waals surface area contributed by atoms with Gasteiger partial charge in [-0.15, -0.1) is 11.3 Å². The number of thiophene rings is 1. The van der Waals surface area contributed by atoms with Crippen LogP contribution in [0.15, 0.2) is 42.5 Å². The molecule has 1 nitrogen and oxygen atoms in total. The van der Waals surface area contributed by atoms with Crippen LogP contribution in [0.25, 0.3) is 20.5 Å². The summed E-state index contributed by atoms with van der Waals surface area (Å²) in [4.78, 5) is 12.1. The van der Waals surface area contributed by atoms with Crippen molar-refractivity contribution in [1.82, 2.24) is 0 Å². The molecule has 0 saturated heterocycles. The van der Waals surface area contributed by atoms with Gasteiger partial charge in [0.25, 0.3) is 0 Å². The molecular formula is C16H11ClOS. The fraction of sp³-hybridized carbons (Fsp3) is 0.0625. The van der Waals surface area contributed by atoms with Crippen LogP contribution in [0.5, 0.6) is 0 Å². The van der Waals surface area contributed by atoms with Gasteiger partial charge in [0.05, 0.1) is 0 Å². The van der Waals surface area contributed by atoms with Crippen LogP contribution in [0, 0.1) is 6.92 Å². The molecule has 3 aromatic rings. The molecule has 94 valence electrons. The van der Waals surface area contributed by atoms with E-state index in [1.165, 1.54) is 20.5 Å². The zero-order chi connectivity index (χ0) is 13.4. The lowest BCUT2D eigenvalue weighted by atomic mass is 10.1. The number of benzene rings is 2. The van der Waals surface area contributed by atoms with Gasteiger partial charge in [0, 0.05) is 20.2 Å². The highest BCUT2D eigenvalue weighted by Gasteiger charge is 2.11. The number of fused-ring (bicyclic) bond motifs is 1. The number of carbonyl (C=O) groups excluding carboxylic acids is 1. The predicted octanol–water partition coefficient (Wildman–Crippen LogP) is 5.34. The fourth-order valence-electron chi connectivity index (χ4n) is 2.22. The lowest BCUT2D eigenvalue weighted by Gasteiger charge is -2.00. The fourth-order valence-corrected chi connectivity index (χ4v) is 3.58. The monoisotopic (exact) mass is 286 g/mol. The van der Waals surface area contributed by atoms with Gasteiger partial charge >= 0.3 is 0 Å². The quantitative estimate of drug-likeness (QED) is 0.581. The molecule has 0 aliphatic carbocycles. The molecule has 3 rings (SSSR count). The summed E-state index contributed by atoms with van der Waals surface area (Å²) in [5, 5.41) is 1.94. The third-order valence-electron chi connectivity index (χ3n) is 3.18. The van der Waals surface area contributed by atoms with Gasteiger partial charge in [-0.3, -0.25) is 4.79 Å². The molecule has 1 aromatic heterocycles. The minimum atomic E-state index is 0.701. The van der Waals surface area contributed by atoms with Crippen molar-refractivity contribution in [3.05, 3.63) is 58.6 Å². The number of halogens is 1. The molecule has 0 radical (unpaired) electrons. The average molecular weight is 287 g/mol. The SMILES string of the molecule is Cc1c(-c2cccc(C=O)c2)sc2ccc(Cl)cc12. The molecule has 1 heterocycles. The molecule has 0 unspecified atom stereocenters. The Morgan fingerprint density at radius 1 is 1.16 bits per heavy atom. The maximum atomic E-state index is 10.9. The number of aldehydes is 1. The largest absolute Gasteiger partial charge is 0.298 e. The summed E-state index contributed by atoms with van der Waals surface area (Å²) in [5.41, 5.74) is 3.00. The van der Waals surface area contributed by atoms with Crippen LogP contribution in [0.3, 0.4) is 0 Å². The first-order valence-corrected chi connectivity index (χ1v) is 7.13. The summed E-state index contributed by atoms with van der Waals surface area (Å²) in [5.74, 6) is 0. The van der Waals surface area contributed by atoms with Crippen LogP contribution in [-0.4, -0.2) is 6.29 Å². The number of rotatable bonds is 2. The first-order chi connectivity index (χ1) is 9.19. The maximum Gasteiger partial charge on any atom is 0.150 e. The Morgan fingerprint density at radius 3 is 2.79 bits per heavy atom. The second-order valence-corrected chi connectivity index (χ2v) is 5.93. The lowest BCUT2D eigenvalue weighted by Crippen LogP contribution is -1.81. The maximum absolute atomic E-state index is 10.9. The van der Waals surface area contributed by atoms with E-state index in [2.05, 4.69) is 6.92 Å². The molecule has 0 bridgehead atoms. The van der Waals surface area contributed by atoms with Crippen molar-refractivity contribution in [2.75, 3.05) is 0 Å². The van der Waals surface area contributed by atoms with E-state index in [-0.39, 0.29) is 0 Å². The first-order valence-electron chi connectivity index (χ1n) is 5.93. The van der Waals surface area contributed by atoms with E-state index in [9.17, 15) is 4.79 Å². The van der Waals surface area contributed by atoms with Crippen LogP contribution < -0.4 is 0 Å². The van der Waals surface area contributed by atoms with Crippen molar-refractivity contribution in [1.29, 1.82) is 0 Å². The third-order valence-corrected chi connectivity index (χ3v) is 4.74. The van der Waals surface area contributed by atoms with Crippen molar-refractivity contribution in [2.24, 2.45) is 0 Å². The van der Waals surface area contributed by atoms with E-state index in [0.717, 1.165) is 16.9 Å². The number of aryl methyl sites for hydroxylation is 1. The minimum Gasteiger partial charge on any atom is -0.298 e.